The fourth-order valence-electron chi connectivity index (χ4n) is 1.41. The first kappa shape index (κ1) is 12.5. The van der Waals surface area contributed by atoms with E-state index in [0.29, 0.717) is 5.88 Å². The summed E-state index contributed by atoms with van der Waals surface area (Å²) in [6.45, 7) is 3.10. The summed E-state index contributed by atoms with van der Waals surface area (Å²) in [5.74, 6) is 1.44. The van der Waals surface area contributed by atoms with E-state index in [0.717, 1.165) is 18.8 Å². The molecular weight excluding hydrogens is 204 g/mol. The molecule has 0 bridgehead atoms. The number of aromatic nitrogens is 2. The molecule has 0 saturated carbocycles. The zero-order valence-corrected chi connectivity index (χ0v) is 9.99. The molecule has 0 radical (unpaired) electrons. The summed E-state index contributed by atoms with van der Waals surface area (Å²) in [5, 5.41) is 3.21. The molecule has 0 aromatic carbocycles. The van der Waals surface area contributed by atoms with Gasteiger partial charge in [-0.2, -0.15) is 9.97 Å². The highest BCUT2D eigenvalue weighted by Crippen LogP contribution is 2.14. The summed E-state index contributed by atoms with van der Waals surface area (Å²) in [7, 11) is 1.56. The number of anilines is 2. The van der Waals surface area contributed by atoms with Crippen molar-refractivity contribution in [3.63, 3.8) is 0 Å². The number of ether oxygens (including phenoxy) is 1. The normalized spacial score (nSPS) is 10.1. The summed E-state index contributed by atoms with van der Waals surface area (Å²) >= 11 is 0. The van der Waals surface area contributed by atoms with Crippen LogP contribution in [0.4, 0.5) is 11.8 Å². The maximum Gasteiger partial charge on any atom is 0.225 e. The van der Waals surface area contributed by atoms with Crippen molar-refractivity contribution >= 4 is 11.8 Å². The van der Waals surface area contributed by atoms with Crippen LogP contribution in [0, 0.1) is 0 Å². The number of unbranched alkanes of at least 4 members (excludes halogenated alkanes) is 3. The van der Waals surface area contributed by atoms with E-state index in [1.165, 1.54) is 19.3 Å². The minimum absolute atomic E-state index is 0.232. The Morgan fingerprint density at radius 1 is 1.31 bits per heavy atom. The lowest BCUT2D eigenvalue weighted by atomic mass is 10.2. The molecule has 3 N–H and O–H groups in total. The SMILES string of the molecule is CCCCCCNc1cc(OC)nc(N)n1. The summed E-state index contributed by atoms with van der Waals surface area (Å²) < 4.78 is 5.01. The lowest BCUT2D eigenvalue weighted by molar-refractivity contribution is 0.398. The second-order valence-corrected chi connectivity index (χ2v) is 3.64. The molecule has 1 aromatic rings. The van der Waals surface area contributed by atoms with Crippen LogP contribution in [0.5, 0.6) is 5.88 Å². The Labute approximate surface area is 96.4 Å². The molecule has 5 nitrogen and oxygen atoms in total. The van der Waals surface area contributed by atoms with Crippen molar-refractivity contribution in [3.05, 3.63) is 6.07 Å². The second-order valence-electron chi connectivity index (χ2n) is 3.64. The minimum Gasteiger partial charge on any atom is -0.481 e. The van der Waals surface area contributed by atoms with Crippen LogP contribution in [-0.2, 0) is 0 Å². The Balaban J connectivity index is 2.38. The Morgan fingerprint density at radius 2 is 2.12 bits per heavy atom. The van der Waals surface area contributed by atoms with E-state index in [2.05, 4.69) is 22.2 Å². The van der Waals surface area contributed by atoms with Crippen LogP contribution in [0.15, 0.2) is 6.07 Å². The first-order chi connectivity index (χ1) is 7.76. The van der Waals surface area contributed by atoms with Crippen molar-refractivity contribution in [2.45, 2.75) is 32.6 Å². The molecule has 0 aliphatic heterocycles. The van der Waals surface area contributed by atoms with Crippen LogP contribution in [0.2, 0.25) is 0 Å². The van der Waals surface area contributed by atoms with Crippen LogP contribution in [0.1, 0.15) is 32.6 Å². The molecule has 90 valence electrons. The first-order valence-electron chi connectivity index (χ1n) is 5.68. The van der Waals surface area contributed by atoms with Gasteiger partial charge in [-0.3, -0.25) is 0 Å². The molecule has 1 rings (SSSR count). The van der Waals surface area contributed by atoms with Crippen molar-refractivity contribution in [3.8, 4) is 5.88 Å². The van der Waals surface area contributed by atoms with Crippen molar-refractivity contribution in [2.24, 2.45) is 0 Å². The zero-order chi connectivity index (χ0) is 11.8. The Bertz CT molecular complexity index is 317. The smallest absolute Gasteiger partial charge is 0.225 e. The van der Waals surface area contributed by atoms with Crippen LogP contribution >= 0.6 is 0 Å². The van der Waals surface area contributed by atoms with Crippen LogP contribution in [0.25, 0.3) is 0 Å². The monoisotopic (exact) mass is 224 g/mol. The predicted molar refractivity (Wildman–Crippen MR) is 65.6 cm³/mol. The van der Waals surface area contributed by atoms with Gasteiger partial charge in [0.15, 0.2) is 0 Å². The molecule has 0 fully saturated rings. The van der Waals surface area contributed by atoms with Crippen LogP contribution < -0.4 is 15.8 Å². The van der Waals surface area contributed by atoms with Crippen molar-refractivity contribution in [1.29, 1.82) is 0 Å². The minimum atomic E-state index is 0.232. The van der Waals surface area contributed by atoms with Gasteiger partial charge in [0.25, 0.3) is 0 Å². The predicted octanol–water partition coefficient (Wildman–Crippen LogP) is 2.06. The molecule has 0 unspecified atom stereocenters. The van der Waals surface area contributed by atoms with E-state index in [9.17, 15) is 0 Å². The summed E-state index contributed by atoms with van der Waals surface area (Å²) in [5.41, 5.74) is 5.54. The van der Waals surface area contributed by atoms with E-state index < -0.39 is 0 Å². The maximum atomic E-state index is 5.54. The quantitative estimate of drug-likeness (QED) is 0.693. The molecule has 0 atom stereocenters. The average Bonchev–Trinajstić information content (AvgIpc) is 2.28. The number of hydrogen-bond acceptors (Lipinski definition) is 5. The molecule has 0 spiro atoms. The molecule has 0 amide bonds. The number of nitrogens with one attached hydrogen (secondary N) is 1. The third kappa shape index (κ3) is 4.33. The van der Waals surface area contributed by atoms with Crippen molar-refractivity contribution in [2.75, 3.05) is 24.7 Å². The van der Waals surface area contributed by atoms with E-state index in [-0.39, 0.29) is 5.95 Å². The molecule has 0 saturated heterocycles. The number of methoxy groups -OCH3 is 1. The third-order valence-corrected chi connectivity index (χ3v) is 2.27. The van der Waals surface area contributed by atoms with Gasteiger partial charge in [-0.25, -0.2) is 0 Å². The van der Waals surface area contributed by atoms with Crippen LogP contribution in [0.3, 0.4) is 0 Å². The number of rotatable bonds is 7. The average molecular weight is 224 g/mol. The molecule has 5 heteroatoms. The fraction of sp³-hybridized carbons (Fsp3) is 0.636. The zero-order valence-electron chi connectivity index (χ0n) is 9.99. The van der Waals surface area contributed by atoms with Gasteiger partial charge in [0.2, 0.25) is 11.8 Å². The highest BCUT2D eigenvalue weighted by atomic mass is 16.5. The van der Waals surface area contributed by atoms with Gasteiger partial charge in [0.05, 0.1) is 7.11 Å². The summed E-state index contributed by atoms with van der Waals surface area (Å²) in [6, 6.07) is 1.75. The van der Waals surface area contributed by atoms with Gasteiger partial charge in [0.1, 0.15) is 5.82 Å². The largest absolute Gasteiger partial charge is 0.481 e. The number of hydrogen-bond donors (Lipinski definition) is 2. The maximum absolute atomic E-state index is 5.54. The second kappa shape index (κ2) is 6.87. The molecular formula is C11H20N4O. The third-order valence-electron chi connectivity index (χ3n) is 2.27. The summed E-state index contributed by atoms with van der Waals surface area (Å²) in [6.07, 6.45) is 4.90. The van der Waals surface area contributed by atoms with Gasteiger partial charge in [0, 0.05) is 12.6 Å². The topological polar surface area (TPSA) is 73.1 Å². The van der Waals surface area contributed by atoms with Gasteiger partial charge < -0.3 is 15.8 Å². The Hall–Kier alpha value is -1.52. The first-order valence-corrected chi connectivity index (χ1v) is 5.68. The number of nitrogens with zero attached hydrogens (tertiary/aromatic N) is 2. The molecule has 1 aromatic heterocycles. The standard InChI is InChI=1S/C11H20N4O/c1-3-4-5-6-7-13-9-8-10(16-2)15-11(12)14-9/h8H,3-7H2,1-2H3,(H3,12,13,14,15). The fourth-order valence-corrected chi connectivity index (χ4v) is 1.41. The molecule has 1 heterocycles. The summed E-state index contributed by atoms with van der Waals surface area (Å²) in [4.78, 5) is 7.99. The van der Waals surface area contributed by atoms with E-state index in [1.807, 2.05) is 0 Å². The van der Waals surface area contributed by atoms with Gasteiger partial charge in [-0.15, -0.1) is 0 Å². The Morgan fingerprint density at radius 3 is 2.81 bits per heavy atom. The van der Waals surface area contributed by atoms with Gasteiger partial charge in [-0.05, 0) is 6.42 Å². The van der Waals surface area contributed by atoms with Crippen molar-refractivity contribution < 1.29 is 4.74 Å². The highest BCUT2D eigenvalue weighted by Gasteiger charge is 2.01. The number of nitrogen functional groups attached to an aromatic ring is 1. The number of nitrogens with two attached hydrogens (primary N) is 1. The molecule has 16 heavy (non-hydrogen) atoms. The van der Waals surface area contributed by atoms with E-state index in [4.69, 9.17) is 10.5 Å². The lowest BCUT2D eigenvalue weighted by Crippen LogP contribution is -2.06. The highest BCUT2D eigenvalue weighted by molar-refractivity contribution is 5.42. The van der Waals surface area contributed by atoms with E-state index in [1.54, 1.807) is 13.2 Å². The van der Waals surface area contributed by atoms with Crippen molar-refractivity contribution in [1.82, 2.24) is 9.97 Å². The van der Waals surface area contributed by atoms with Crippen LogP contribution in [-0.4, -0.2) is 23.6 Å². The van der Waals surface area contributed by atoms with E-state index >= 15 is 0 Å². The molecule has 0 aliphatic carbocycles. The molecule has 0 aliphatic rings. The lowest BCUT2D eigenvalue weighted by Gasteiger charge is -2.07. The van der Waals surface area contributed by atoms with Gasteiger partial charge >= 0.3 is 0 Å². The Kier molecular flexibility index (Phi) is 5.39. The van der Waals surface area contributed by atoms with Gasteiger partial charge in [-0.1, -0.05) is 26.2 Å².